The molecule has 0 fully saturated rings. The van der Waals surface area contributed by atoms with Gasteiger partial charge in [-0.25, -0.2) is 0 Å². The second kappa shape index (κ2) is 4.64. The minimum Gasteiger partial charge on any atom is -0.379 e. The summed E-state index contributed by atoms with van der Waals surface area (Å²) in [6.07, 6.45) is 2.04. The van der Waals surface area contributed by atoms with E-state index in [9.17, 15) is 4.79 Å². The molecule has 4 heteroatoms. The summed E-state index contributed by atoms with van der Waals surface area (Å²) in [7, 11) is 0. The quantitative estimate of drug-likeness (QED) is 0.865. The van der Waals surface area contributed by atoms with Gasteiger partial charge >= 0.3 is 0 Å². The van der Waals surface area contributed by atoms with Gasteiger partial charge in [-0.2, -0.15) is 0 Å². The van der Waals surface area contributed by atoms with Crippen LogP contribution in [-0.4, -0.2) is 16.4 Å². The highest BCUT2D eigenvalue weighted by Gasteiger charge is 2.20. The molecule has 0 saturated heterocycles. The van der Waals surface area contributed by atoms with Crippen molar-refractivity contribution < 1.29 is 4.79 Å². The van der Waals surface area contributed by atoms with Gasteiger partial charge in [-0.1, -0.05) is 18.2 Å². The Labute approximate surface area is 106 Å². The summed E-state index contributed by atoms with van der Waals surface area (Å²) in [5, 5.41) is 4.39. The fourth-order valence-corrected chi connectivity index (χ4v) is 2.05. The van der Waals surface area contributed by atoms with Crippen LogP contribution in [0, 0.1) is 0 Å². The van der Waals surface area contributed by atoms with Gasteiger partial charge in [0.05, 0.1) is 5.52 Å². The van der Waals surface area contributed by atoms with Gasteiger partial charge in [0.25, 0.3) is 0 Å². The Morgan fingerprint density at radius 1 is 1.33 bits per heavy atom. The van der Waals surface area contributed by atoms with Crippen LogP contribution in [0.15, 0.2) is 36.5 Å². The van der Waals surface area contributed by atoms with E-state index < -0.39 is 0 Å². The van der Waals surface area contributed by atoms with Gasteiger partial charge in [0.15, 0.2) is 0 Å². The van der Waals surface area contributed by atoms with Crippen LogP contribution in [0.5, 0.6) is 0 Å². The van der Waals surface area contributed by atoms with Crippen molar-refractivity contribution in [2.75, 3.05) is 5.32 Å². The minimum atomic E-state index is -0.379. The number of benzene rings is 1. The van der Waals surface area contributed by atoms with E-state index in [2.05, 4.69) is 10.3 Å². The second-order valence-corrected chi connectivity index (χ2v) is 5.03. The number of nitrogens with two attached hydrogens (primary N) is 1. The third kappa shape index (κ3) is 2.77. The predicted molar refractivity (Wildman–Crippen MR) is 73.3 cm³/mol. The summed E-state index contributed by atoms with van der Waals surface area (Å²) in [6.45, 7) is 3.90. The number of hydrogen-bond acceptors (Lipinski definition) is 3. The van der Waals surface area contributed by atoms with Gasteiger partial charge in [-0.05, 0) is 26.0 Å². The van der Waals surface area contributed by atoms with E-state index in [0.29, 0.717) is 0 Å². The Hall–Kier alpha value is -2.10. The maximum Gasteiger partial charge on any atom is 0.219 e. The van der Waals surface area contributed by atoms with Crippen LogP contribution in [-0.2, 0) is 4.79 Å². The van der Waals surface area contributed by atoms with Gasteiger partial charge in [-0.3, -0.25) is 9.78 Å². The average Bonchev–Trinajstić information content (AvgIpc) is 2.27. The van der Waals surface area contributed by atoms with Crippen molar-refractivity contribution in [2.45, 2.75) is 25.8 Å². The molecule has 2 aromatic rings. The first-order valence-electron chi connectivity index (χ1n) is 5.88. The third-order valence-corrected chi connectivity index (χ3v) is 2.74. The number of amides is 1. The Morgan fingerprint density at radius 2 is 2.06 bits per heavy atom. The molecule has 4 nitrogen and oxygen atoms in total. The predicted octanol–water partition coefficient (Wildman–Crippen LogP) is 2.30. The molecule has 1 amide bonds. The molecule has 18 heavy (non-hydrogen) atoms. The van der Waals surface area contributed by atoms with Crippen molar-refractivity contribution in [3.05, 3.63) is 36.5 Å². The number of nitrogens with one attached hydrogen (secondary N) is 1. The average molecular weight is 243 g/mol. The van der Waals surface area contributed by atoms with Gasteiger partial charge in [0, 0.05) is 29.2 Å². The summed E-state index contributed by atoms with van der Waals surface area (Å²) in [5.74, 6) is -0.314. The first-order chi connectivity index (χ1) is 8.48. The lowest BCUT2D eigenvalue weighted by atomic mass is 9.99. The number of primary amides is 1. The largest absolute Gasteiger partial charge is 0.379 e. The first kappa shape index (κ1) is 12.4. The molecule has 3 N–H and O–H groups in total. The van der Waals surface area contributed by atoms with Crippen molar-refractivity contribution in [3.8, 4) is 0 Å². The van der Waals surface area contributed by atoms with E-state index in [1.165, 1.54) is 0 Å². The number of carbonyl (C=O) groups is 1. The van der Waals surface area contributed by atoms with Gasteiger partial charge in [-0.15, -0.1) is 0 Å². The zero-order valence-corrected chi connectivity index (χ0v) is 10.6. The zero-order chi connectivity index (χ0) is 13.2. The number of pyridine rings is 1. The molecule has 0 atom stereocenters. The molecule has 1 heterocycles. The van der Waals surface area contributed by atoms with Crippen molar-refractivity contribution in [3.63, 3.8) is 0 Å². The molecule has 1 aromatic heterocycles. The van der Waals surface area contributed by atoms with Gasteiger partial charge in [0.2, 0.25) is 5.91 Å². The Balaban J connectivity index is 2.34. The normalized spacial score (nSPS) is 11.4. The lowest BCUT2D eigenvalue weighted by Gasteiger charge is -2.26. The monoisotopic (exact) mass is 243 g/mol. The van der Waals surface area contributed by atoms with Crippen molar-refractivity contribution in [1.29, 1.82) is 0 Å². The Kier molecular flexibility index (Phi) is 3.19. The first-order valence-corrected chi connectivity index (χ1v) is 5.88. The maximum absolute atomic E-state index is 11.0. The van der Waals surface area contributed by atoms with E-state index in [0.717, 1.165) is 16.6 Å². The molecular formula is C14H17N3O. The molecule has 94 valence electrons. The molecule has 0 saturated carbocycles. The number of aromatic nitrogens is 1. The molecular weight excluding hydrogens is 226 g/mol. The molecule has 1 aromatic carbocycles. The number of anilines is 1. The Bertz CT molecular complexity index is 573. The molecule has 0 aliphatic carbocycles. The summed E-state index contributed by atoms with van der Waals surface area (Å²) in [5.41, 5.74) is 6.77. The highest BCUT2D eigenvalue weighted by molar-refractivity contribution is 5.91. The van der Waals surface area contributed by atoms with E-state index in [-0.39, 0.29) is 17.9 Å². The Morgan fingerprint density at radius 3 is 2.78 bits per heavy atom. The highest BCUT2D eigenvalue weighted by atomic mass is 16.1. The smallest absolute Gasteiger partial charge is 0.219 e. The fraction of sp³-hybridized carbons (Fsp3) is 0.286. The summed E-state index contributed by atoms with van der Waals surface area (Å²) >= 11 is 0. The highest BCUT2D eigenvalue weighted by Crippen LogP contribution is 2.25. The van der Waals surface area contributed by atoms with E-state index in [4.69, 9.17) is 5.73 Å². The van der Waals surface area contributed by atoms with E-state index in [1.54, 1.807) is 6.20 Å². The number of carbonyl (C=O) groups excluding carboxylic acids is 1. The fourth-order valence-electron chi connectivity index (χ4n) is 2.05. The van der Waals surface area contributed by atoms with Crippen LogP contribution in [0.2, 0.25) is 0 Å². The van der Waals surface area contributed by atoms with Crippen LogP contribution in [0.25, 0.3) is 10.9 Å². The molecule has 0 bridgehead atoms. The molecule has 0 unspecified atom stereocenters. The number of fused-ring (bicyclic) bond motifs is 1. The summed E-state index contributed by atoms with van der Waals surface area (Å²) in [6, 6.07) is 9.79. The van der Waals surface area contributed by atoms with Crippen LogP contribution in [0.3, 0.4) is 0 Å². The van der Waals surface area contributed by atoms with Gasteiger partial charge in [0.1, 0.15) is 0 Å². The molecule has 0 aliphatic rings. The van der Waals surface area contributed by atoms with E-state index >= 15 is 0 Å². The van der Waals surface area contributed by atoms with Crippen LogP contribution < -0.4 is 11.1 Å². The maximum atomic E-state index is 11.0. The zero-order valence-electron chi connectivity index (χ0n) is 10.6. The van der Waals surface area contributed by atoms with Gasteiger partial charge < -0.3 is 11.1 Å². The number of para-hydroxylation sites is 1. The molecule has 0 spiro atoms. The van der Waals surface area contributed by atoms with Crippen LogP contribution >= 0.6 is 0 Å². The standard InChI is InChI=1S/C14H17N3O/c1-14(2,9-13(15)18)17-12-7-8-16-11-6-4-3-5-10(11)12/h3-8H,9H2,1-2H3,(H2,15,18)(H,16,17). The van der Waals surface area contributed by atoms with Crippen LogP contribution in [0.4, 0.5) is 5.69 Å². The lowest BCUT2D eigenvalue weighted by Crippen LogP contribution is -2.36. The number of hydrogen-bond donors (Lipinski definition) is 2. The van der Waals surface area contributed by atoms with E-state index in [1.807, 2.05) is 44.2 Å². The number of nitrogens with zero attached hydrogens (tertiary/aromatic N) is 1. The minimum absolute atomic E-state index is 0.281. The summed E-state index contributed by atoms with van der Waals surface area (Å²) < 4.78 is 0. The lowest BCUT2D eigenvalue weighted by molar-refractivity contribution is -0.118. The third-order valence-electron chi connectivity index (χ3n) is 2.74. The SMILES string of the molecule is CC(C)(CC(N)=O)Nc1ccnc2ccccc12. The van der Waals surface area contributed by atoms with Crippen molar-refractivity contribution in [1.82, 2.24) is 4.98 Å². The topological polar surface area (TPSA) is 68.0 Å². The summed E-state index contributed by atoms with van der Waals surface area (Å²) in [4.78, 5) is 15.3. The molecule has 0 radical (unpaired) electrons. The molecule has 0 aliphatic heterocycles. The van der Waals surface area contributed by atoms with Crippen molar-refractivity contribution >= 4 is 22.5 Å². The second-order valence-electron chi connectivity index (χ2n) is 5.03. The molecule has 2 rings (SSSR count). The van der Waals surface area contributed by atoms with Crippen molar-refractivity contribution in [2.24, 2.45) is 5.73 Å². The number of rotatable bonds is 4. The van der Waals surface area contributed by atoms with Crippen LogP contribution in [0.1, 0.15) is 20.3 Å².